The predicted octanol–water partition coefficient (Wildman–Crippen LogP) is 3.86. The predicted molar refractivity (Wildman–Crippen MR) is 98.5 cm³/mol. The van der Waals surface area contributed by atoms with Crippen molar-refractivity contribution in [1.29, 1.82) is 0 Å². The average molecular weight is 374 g/mol. The van der Waals surface area contributed by atoms with Crippen molar-refractivity contribution in [3.05, 3.63) is 64.7 Å². The number of halogens is 1. The van der Waals surface area contributed by atoms with Crippen LogP contribution in [0.5, 0.6) is 5.75 Å². The van der Waals surface area contributed by atoms with Gasteiger partial charge in [0.1, 0.15) is 12.4 Å². The molecule has 0 aliphatic carbocycles. The molecule has 0 atom stereocenters. The molecule has 2 aromatic rings. The van der Waals surface area contributed by atoms with Gasteiger partial charge < -0.3 is 14.7 Å². The summed E-state index contributed by atoms with van der Waals surface area (Å²) in [5, 5.41) is 9.73. The molecule has 5 nitrogen and oxygen atoms in total. The molecule has 1 aliphatic rings. The quantitative estimate of drug-likeness (QED) is 0.864. The van der Waals surface area contributed by atoms with Crippen molar-refractivity contribution in [2.45, 2.75) is 19.4 Å². The maximum Gasteiger partial charge on any atom is 0.306 e. The highest BCUT2D eigenvalue weighted by Gasteiger charge is 2.27. The van der Waals surface area contributed by atoms with Crippen molar-refractivity contribution >= 4 is 23.5 Å². The van der Waals surface area contributed by atoms with E-state index in [1.54, 1.807) is 35.2 Å². The van der Waals surface area contributed by atoms with E-state index in [1.165, 1.54) is 0 Å². The van der Waals surface area contributed by atoms with Gasteiger partial charge in [-0.05, 0) is 48.7 Å². The maximum atomic E-state index is 12.6. The van der Waals surface area contributed by atoms with E-state index in [1.807, 2.05) is 18.2 Å². The van der Waals surface area contributed by atoms with Crippen LogP contribution in [0.25, 0.3) is 0 Å². The normalized spacial score (nSPS) is 14.9. The van der Waals surface area contributed by atoms with Crippen LogP contribution in [0.3, 0.4) is 0 Å². The van der Waals surface area contributed by atoms with Crippen LogP contribution in [-0.2, 0) is 11.4 Å². The number of amides is 1. The van der Waals surface area contributed by atoms with Crippen molar-refractivity contribution in [3.8, 4) is 5.75 Å². The van der Waals surface area contributed by atoms with E-state index in [0.29, 0.717) is 48.9 Å². The van der Waals surface area contributed by atoms with Gasteiger partial charge in [-0.2, -0.15) is 0 Å². The molecule has 0 spiro atoms. The van der Waals surface area contributed by atoms with Crippen LogP contribution in [0.4, 0.5) is 0 Å². The van der Waals surface area contributed by atoms with Gasteiger partial charge in [-0.3, -0.25) is 9.59 Å². The van der Waals surface area contributed by atoms with E-state index in [4.69, 9.17) is 21.4 Å². The Labute approximate surface area is 157 Å². The Morgan fingerprint density at radius 3 is 2.46 bits per heavy atom. The number of nitrogens with zero attached hydrogens (tertiary/aromatic N) is 1. The Balaban J connectivity index is 1.60. The molecule has 1 aliphatic heterocycles. The van der Waals surface area contributed by atoms with Gasteiger partial charge in [0.2, 0.25) is 0 Å². The zero-order valence-corrected chi connectivity index (χ0v) is 15.0. The van der Waals surface area contributed by atoms with Crippen molar-refractivity contribution in [2.75, 3.05) is 13.1 Å². The minimum atomic E-state index is -0.783. The van der Waals surface area contributed by atoms with Crippen LogP contribution in [0.2, 0.25) is 5.02 Å². The minimum Gasteiger partial charge on any atom is -0.489 e. The molecule has 1 amide bonds. The zero-order valence-electron chi connectivity index (χ0n) is 14.2. The summed E-state index contributed by atoms with van der Waals surface area (Å²) < 4.78 is 5.77. The van der Waals surface area contributed by atoms with E-state index < -0.39 is 5.97 Å². The Kier molecular flexibility index (Phi) is 5.78. The number of carboxylic acids is 1. The molecule has 6 heteroatoms. The number of aliphatic carboxylic acids is 1. The molecule has 0 bridgehead atoms. The number of ether oxygens (including phenoxy) is 1. The highest BCUT2D eigenvalue weighted by molar-refractivity contribution is 6.30. The van der Waals surface area contributed by atoms with Gasteiger partial charge in [0.05, 0.1) is 5.92 Å². The first-order chi connectivity index (χ1) is 12.5. The Morgan fingerprint density at radius 2 is 1.81 bits per heavy atom. The number of rotatable bonds is 5. The van der Waals surface area contributed by atoms with Crippen LogP contribution >= 0.6 is 11.6 Å². The number of carboxylic acid groups (broad SMARTS) is 1. The molecule has 0 unspecified atom stereocenters. The largest absolute Gasteiger partial charge is 0.489 e. The molecule has 1 fully saturated rings. The van der Waals surface area contributed by atoms with Crippen molar-refractivity contribution in [2.24, 2.45) is 5.92 Å². The molecule has 0 saturated carbocycles. The molecular formula is C20H20ClNO4. The van der Waals surface area contributed by atoms with Gasteiger partial charge >= 0.3 is 5.97 Å². The van der Waals surface area contributed by atoms with Crippen LogP contribution in [0, 0.1) is 5.92 Å². The molecule has 1 heterocycles. The van der Waals surface area contributed by atoms with E-state index in [9.17, 15) is 9.59 Å². The van der Waals surface area contributed by atoms with Crippen LogP contribution < -0.4 is 4.74 Å². The van der Waals surface area contributed by atoms with E-state index in [-0.39, 0.29) is 11.8 Å². The number of hydrogen-bond donors (Lipinski definition) is 1. The SMILES string of the molecule is O=C(O)C1CCN(C(=O)c2cccc(OCc3ccc(Cl)cc3)c2)CC1. The molecule has 0 aromatic heterocycles. The lowest BCUT2D eigenvalue weighted by Gasteiger charge is -2.30. The number of piperidine rings is 1. The molecule has 26 heavy (non-hydrogen) atoms. The summed E-state index contributed by atoms with van der Waals surface area (Å²) in [5.74, 6) is -0.611. The third-order valence-corrected chi connectivity index (χ3v) is 4.78. The third-order valence-electron chi connectivity index (χ3n) is 4.53. The number of hydrogen-bond acceptors (Lipinski definition) is 3. The van der Waals surface area contributed by atoms with E-state index in [0.717, 1.165) is 5.56 Å². The lowest BCUT2D eigenvalue weighted by molar-refractivity contribution is -0.143. The van der Waals surface area contributed by atoms with Gasteiger partial charge in [0.25, 0.3) is 5.91 Å². The second-order valence-electron chi connectivity index (χ2n) is 6.35. The van der Waals surface area contributed by atoms with Crippen LogP contribution in [-0.4, -0.2) is 35.0 Å². The number of benzene rings is 2. The van der Waals surface area contributed by atoms with Gasteiger partial charge in [-0.25, -0.2) is 0 Å². The summed E-state index contributed by atoms with van der Waals surface area (Å²) in [5.41, 5.74) is 1.54. The summed E-state index contributed by atoms with van der Waals surface area (Å²) in [7, 11) is 0. The van der Waals surface area contributed by atoms with Gasteiger partial charge in [0, 0.05) is 23.7 Å². The smallest absolute Gasteiger partial charge is 0.306 e. The topological polar surface area (TPSA) is 66.8 Å². The Bertz CT molecular complexity index is 783. The fourth-order valence-electron chi connectivity index (χ4n) is 2.98. The van der Waals surface area contributed by atoms with Gasteiger partial charge in [0.15, 0.2) is 0 Å². The fourth-order valence-corrected chi connectivity index (χ4v) is 3.10. The monoisotopic (exact) mass is 373 g/mol. The Hall–Kier alpha value is -2.53. The zero-order chi connectivity index (χ0) is 18.5. The molecule has 136 valence electrons. The number of carbonyl (C=O) groups excluding carboxylic acids is 1. The first kappa shape index (κ1) is 18.3. The second kappa shape index (κ2) is 8.23. The fraction of sp³-hybridized carbons (Fsp3) is 0.300. The van der Waals surface area contributed by atoms with Crippen LogP contribution in [0.1, 0.15) is 28.8 Å². The van der Waals surface area contributed by atoms with Gasteiger partial charge in [-0.15, -0.1) is 0 Å². The maximum absolute atomic E-state index is 12.6. The summed E-state index contributed by atoms with van der Waals surface area (Å²) in [6.07, 6.45) is 0.988. The summed E-state index contributed by atoms with van der Waals surface area (Å²) in [4.78, 5) is 25.4. The number of likely N-dealkylation sites (tertiary alicyclic amines) is 1. The highest BCUT2D eigenvalue weighted by Crippen LogP contribution is 2.21. The first-order valence-corrected chi connectivity index (χ1v) is 8.90. The lowest BCUT2D eigenvalue weighted by Crippen LogP contribution is -2.40. The van der Waals surface area contributed by atoms with Crippen molar-refractivity contribution < 1.29 is 19.4 Å². The second-order valence-corrected chi connectivity index (χ2v) is 6.78. The molecular weight excluding hydrogens is 354 g/mol. The van der Waals surface area contributed by atoms with E-state index in [2.05, 4.69) is 0 Å². The summed E-state index contributed by atoms with van der Waals surface area (Å²) in [6, 6.07) is 14.5. The summed E-state index contributed by atoms with van der Waals surface area (Å²) >= 11 is 5.87. The van der Waals surface area contributed by atoms with Gasteiger partial charge in [-0.1, -0.05) is 29.8 Å². The van der Waals surface area contributed by atoms with Crippen molar-refractivity contribution in [1.82, 2.24) is 4.90 Å². The average Bonchev–Trinajstić information content (AvgIpc) is 2.67. The molecule has 1 N–H and O–H groups in total. The molecule has 2 aromatic carbocycles. The highest BCUT2D eigenvalue weighted by atomic mass is 35.5. The van der Waals surface area contributed by atoms with Crippen molar-refractivity contribution in [3.63, 3.8) is 0 Å². The first-order valence-electron chi connectivity index (χ1n) is 8.52. The molecule has 0 radical (unpaired) electrons. The number of carbonyl (C=O) groups is 2. The standard InChI is InChI=1S/C20H20ClNO4/c21-17-6-4-14(5-7-17)13-26-18-3-1-2-16(12-18)19(23)22-10-8-15(9-11-22)20(24)25/h1-7,12,15H,8-11,13H2,(H,24,25). The van der Waals surface area contributed by atoms with Crippen LogP contribution in [0.15, 0.2) is 48.5 Å². The summed E-state index contributed by atoms with van der Waals surface area (Å²) in [6.45, 7) is 1.32. The third kappa shape index (κ3) is 4.55. The minimum absolute atomic E-state index is 0.0919. The molecule has 3 rings (SSSR count). The molecule has 1 saturated heterocycles. The Morgan fingerprint density at radius 1 is 1.12 bits per heavy atom. The van der Waals surface area contributed by atoms with E-state index >= 15 is 0 Å². The lowest BCUT2D eigenvalue weighted by atomic mass is 9.96.